The molecule has 2 N–H and O–H groups in total. The van der Waals surface area contributed by atoms with Crippen LogP contribution in [0.25, 0.3) is 16.9 Å². The maximum atomic E-state index is 12.9. The van der Waals surface area contributed by atoms with Crippen LogP contribution in [0.15, 0.2) is 60.8 Å². The number of rotatable bonds is 6. The van der Waals surface area contributed by atoms with E-state index in [0.717, 1.165) is 16.9 Å². The predicted octanol–water partition coefficient (Wildman–Crippen LogP) is 4.50. The summed E-state index contributed by atoms with van der Waals surface area (Å²) < 4.78 is 1.60. The Balaban J connectivity index is 1.54. The second-order valence-corrected chi connectivity index (χ2v) is 7.33. The molecule has 0 aliphatic rings. The summed E-state index contributed by atoms with van der Waals surface area (Å²) in [4.78, 5) is 20.7. The van der Waals surface area contributed by atoms with Crippen LogP contribution in [-0.4, -0.2) is 30.9 Å². The SMILES string of the molecule is CCC(NC(=O)c1nnn(-c2cccc(Cl)c2)c1C)c1ncc(-c2ccccc2)[nH]1. The number of amides is 1. The van der Waals surface area contributed by atoms with Gasteiger partial charge in [0.25, 0.3) is 5.91 Å². The maximum absolute atomic E-state index is 12.9. The Bertz CT molecular complexity index is 1170. The Kier molecular flexibility index (Phi) is 5.63. The van der Waals surface area contributed by atoms with Gasteiger partial charge in [0.2, 0.25) is 0 Å². The van der Waals surface area contributed by atoms with Gasteiger partial charge in [0.15, 0.2) is 5.69 Å². The third-order valence-electron chi connectivity index (χ3n) is 4.89. The van der Waals surface area contributed by atoms with Crippen LogP contribution in [-0.2, 0) is 0 Å². The van der Waals surface area contributed by atoms with E-state index in [2.05, 4.69) is 25.6 Å². The first-order valence-corrected chi connectivity index (χ1v) is 10.0. The van der Waals surface area contributed by atoms with E-state index in [0.29, 0.717) is 23.0 Å². The van der Waals surface area contributed by atoms with Crippen LogP contribution in [0.4, 0.5) is 0 Å². The molecule has 0 aliphatic heterocycles. The molecule has 4 aromatic rings. The minimum absolute atomic E-state index is 0.267. The summed E-state index contributed by atoms with van der Waals surface area (Å²) in [7, 11) is 0. The number of carbonyl (C=O) groups excluding carboxylic acids is 1. The topological polar surface area (TPSA) is 88.5 Å². The molecule has 1 unspecified atom stereocenters. The molecular weight excluding hydrogens is 400 g/mol. The quantitative estimate of drug-likeness (QED) is 0.480. The Morgan fingerprint density at radius 3 is 2.73 bits per heavy atom. The first-order chi connectivity index (χ1) is 14.6. The van der Waals surface area contributed by atoms with Gasteiger partial charge in [0.1, 0.15) is 5.82 Å². The summed E-state index contributed by atoms with van der Waals surface area (Å²) in [6, 6.07) is 16.9. The van der Waals surface area contributed by atoms with Crippen LogP contribution in [0.2, 0.25) is 5.02 Å². The van der Waals surface area contributed by atoms with E-state index < -0.39 is 0 Å². The van der Waals surface area contributed by atoms with Gasteiger partial charge in [-0.05, 0) is 37.1 Å². The third kappa shape index (κ3) is 3.97. The van der Waals surface area contributed by atoms with Crippen molar-refractivity contribution >= 4 is 17.5 Å². The molecule has 30 heavy (non-hydrogen) atoms. The summed E-state index contributed by atoms with van der Waals surface area (Å²) in [5.41, 5.74) is 3.59. The zero-order valence-corrected chi connectivity index (χ0v) is 17.4. The van der Waals surface area contributed by atoms with E-state index in [4.69, 9.17) is 11.6 Å². The first-order valence-electron chi connectivity index (χ1n) is 9.66. The number of nitrogens with zero attached hydrogens (tertiary/aromatic N) is 4. The lowest BCUT2D eigenvalue weighted by Gasteiger charge is -2.14. The number of aromatic nitrogens is 5. The highest BCUT2D eigenvalue weighted by molar-refractivity contribution is 6.30. The predicted molar refractivity (Wildman–Crippen MR) is 116 cm³/mol. The van der Waals surface area contributed by atoms with Crippen LogP contribution >= 0.6 is 11.6 Å². The van der Waals surface area contributed by atoms with Gasteiger partial charge in [-0.15, -0.1) is 5.10 Å². The summed E-state index contributed by atoms with van der Waals surface area (Å²) >= 11 is 6.07. The van der Waals surface area contributed by atoms with E-state index in [9.17, 15) is 4.79 Å². The second kappa shape index (κ2) is 8.51. The zero-order chi connectivity index (χ0) is 21.1. The monoisotopic (exact) mass is 420 g/mol. The van der Waals surface area contributed by atoms with E-state index >= 15 is 0 Å². The van der Waals surface area contributed by atoms with Crippen molar-refractivity contribution in [1.29, 1.82) is 0 Å². The lowest BCUT2D eigenvalue weighted by Crippen LogP contribution is -2.29. The number of imidazole rings is 1. The summed E-state index contributed by atoms with van der Waals surface area (Å²) in [6.45, 7) is 3.79. The van der Waals surface area contributed by atoms with Crippen molar-refractivity contribution in [3.8, 4) is 16.9 Å². The molecule has 0 aliphatic carbocycles. The van der Waals surface area contributed by atoms with Crippen LogP contribution < -0.4 is 5.32 Å². The van der Waals surface area contributed by atoms with Crippen LogP contribution in [0.1, 0.15) is 41.4 Å². The number of hydrogen-bond acceptors (Lipinski definition) is 4. The Morgan fingerprint density at radius 1 is 1.20 bits per heavy atom. The van der Waals surface area contributed by atoms with E-state index in [1.807, 2.05) is 49.4 Å². The van der Waals surface area contributed by atoms with Crippen LogP contribution in [0, 0.1) is 6.92 Å². The van der Waals surface area contributed by atoms with Crippen molar-refractivity contribution < 1.29 is 4.79 Å². The van der Waals surface area contributed by atoms with Gasteiger partial charge in [-0.1, -0.05) is 60.1 Å². The Labute approximate surface area is 179 Å². The van der Waals surface area contributed by atoms with Crippen molar-refractivity contribution in [3.05, 3.63) is 83.0 Å². The summed E-state index contributed by atoms with van der Waals surface area (Å²) in [6.07, 6.45) is 2.45. The lowest BCUT2D eigenvalue weighted by atomic mass is 10.2. The molecular formula is C22H21ClN6O. The molecule has 0 fully saturated rings. The lowest BCUT2D eigenvalue weighted by molar-refractivity contribution is 0.0928. The van der Waals surface area contributed by atoms with Gasteiger partial charge in [0.05, 0.1) is 29.3 Å². The van der Waals surface area contributed by atoms with Gasteiger partial charge < -0.3 is 10.3 Å². The molecule has 2 heterocycles. The van der Waals surface area contributed by atoms with Crippen molar-refractivity contribution in [2.24, 2.45) is 0 Å². The van der Waals surface area contributed by atoms with Crippen molar-refractivity contribution in [2.75, 3.05) is 0 Å². The number of carbonyl (C=O) groups is 1. The average Bonchev–Trinajstić information content (AvgIpc) is 3.40. The molecule has 8 heteroatoms. The fourth-order valence-electron chi connectivity index (χ4n) is 3.26. The number of halogens is 1. The average molecular weight is 421 g/mol. The van der Waals surface area contributed by atoms with Crippen LogP contribution in [0.5, 0.6) is 0 Å². The molecule has 152 valence electrons. The number of aromatic amines is 1. The third-order valence-corrected chi connectivity index (χ3v) is 5.12. The number of benzene rings is 2. The molecule has 0 saturated carbocycles. The molecule has 1 amide bonds. The van der Waals surface area contributed by atoms with Crippen molar-refractivity contribution in [3.63, 3.8) is 0 Å². The van der Waals surface area contributed by atoms with Gasteiger partial charge >= 0.3 is 0 Å². The maximum Gasteiger partial charge on any atom is 0.274 e. The molecule has 0 radical (unpaired) electrons. The highest BCUT2D eigenvalue weighted by atomic mass is 35.5. The minimum atomic E-state index is -0.301. The van der Waals surface area contributed by atoms with Gasteiger partial charge in [0, 0.05) is 5.02 Å². The molecule has 7 nitrogen and oxygen atoms in total. The molecule has 0 spiro atoms. The van der Waals surface area contributed by atoms with E-state index in [1.165, 1.54) is 0 Å². The molecule has 2 aromatic heterocycles. The molecule has 2 aromatic carbocycles. The normalized spacial score (nSPS) is 12.0. The zero-order valence-electron chi connectivity index (χ0n) is 16.6. The standard InChI is InChI=1S/C22H21ClN6O/c1-3-18(21-24-13-19(25-21)15-8-5-4-6-9-15)26-22(30)20-14(2)29(28-27-20)17-11-7-10-16(23)12-17/h4-13,18H,3H2,1-2H3,(H,24,25)(H,26,30). The largest absolute Gasteiger partial charge is 0.341 e. The summed E-state index contributed by atoms with van der Waals surface area (Å²) in [5.74, 6) is 0.398. The fraction of sp³-hybridized carbons (Fsp3) is 0.182. The molecule has 0 saturated heterocycles. The van der Waals surface area contributed by atoms with Crippen molar-refractivity contribution in [2.45, 2.75) is 26.3 Å². The van der Waals surface area contributed by atoms with Gasteiger partial charge in [-0.25, -0.2) is 9.67 Å². The minimum Gasteiger partial charge on any atom is -0.341 e. The number of hydrogen-bond donors (Lipinski definition) is 2. The first kappa shape index (κ1) is 19.8. The Morgan fingerprint density at radius 2 is 2.00 bits per heavy atom. The number of H-pyrrole nitrogens is 1. The molecule has 1 atom stereocenters. The van der Waals surface area contributed by atoms with E-state index in [1.54, 1.807) is 29.9 Å². The molecule has 4 rings (SSSR count). The molecule has 0 bridgehead atoms. The summed E-state index contributed by atoms with van der Waals surface area (Å²) in [5, 5.41) is 11.8. The van der Waals surface area contributed by atoms with E-state index in [-0.39, 0.29) is 17.6 Å². The Hall–Kier alpha value is -3.45. The highest BCUT2D eigenvalue weighted by Crippen LogP contribution is 2.21. The van der Waals surface area contributed by atoms with Gasteiger partial charge in [-0.3, -0.25) is 4.79 Å². The highest BCUT2D eigenvalue weighted by Gasteiger charge is 2.22. The van der Waals surface area contributed by atoms with Crippen LogP contribution in [0.3, 0.4) is 0 Å². The second-order valence-electron chi connectivity index (χ2n) is 6.90. The number of nitrogens with one attached hydrogen (secondary N) is 2. The van der Waals surface area contributed by atoms with Crippen molar-refractivity contribution in [1.82, 2.24) is 30.3 Å². The smallest absolute Gasteiger partial charge is 0.274 e. The van der Waals surface area contributed by atoms with Gasteiger partial charge in [-0.2, -0.15) is 0 Å². The fourth-order valence-corrected chi connectivity index (χ4v) is 3.45.